The van der Waals surface area contributed by atoms with Crippen molar-refractivity contribution < 1.29 is 4.79 Å². The number of anilines is 2. The number of rotatable bonds is 2. The number of ketones is 1. The van der Waals surface area contributed by atoms with Gasteiger partial charge < -0.3 is 15.5 Å². The maximum atomic E-state index is 11.8. The first-order valence-electron chi connectivity index (χ1n) is 6.31. The van der Waals surface area contributed by atoms with Crippen LogP contribution in [0.4, 0.5) is 11.4 Å². The number of hydrogen-bond acceptors (Lipinski definition) is 4. The molecule has 0 aromatic heterocycles. The zero-order valence-corrected chi connectivity index (χ0v) is 11.3. The molecule has 1 fully saturated rings. The van der Waals surface area contributed by atoms with Crippen LogP contribution in [-0.2, 0) is 4.79 Å². The summed E-state index contributed by atoms with van der Waals surface area (Å²) in [5.74, 6) is 0.197. The molecule has 1 aromatic rings. The van der Waals surface area contributed by atoms with E-state index in [1.165, 1.54) is 5.56 Å². The Hall–Kier alpha value is -1.55. The van der Waals surface area contributed by atoms with Crippen molar-refractivity contribution in [2.75, 3.05) is 37.3 Å². The van der Waals surface area contributed by atoms with E-state index in [-0.39, 0.29) is 11.8 Å². The second-order valence-electron chi connectivity index (χ2n) is 5.14. The van der Waals surface area contributed by atoms with Crippen LogP contribution in [0.5, 0.6) is 0 Å². The highest BCUT2D eigenvalue weighted by molar-refractivity contribution is 5.87. The third kappa shape index (κ3) is 2.48. The molecule has 0 aliphatic carbocycles. The predicted molar refractivity (Wildman–Crippen MR) is 74.9 cm³/mol. The minimum absolute atomic E-state index is 0.0900. The molecule has 98 valence electrons. The van der Waals surface area contributed by atoms with Gasteiger partial charge in [-0.3, -0.25) is 4.79 Å². The van der Waals surface area contributed by atoms with Crippen molar-refractivity contribution in [1.82, 2.24) is 4.90 Å². The Balaban J connectivity index is 2.35. The molecule has 1 saturated heterocycles. The Labute approximate surface area is 108 Å². The summed E-state index contributed by atoms with van der Waals surface area (Å²) in [6.45, 7) is 6.26. The van der Waals surface area contributed by atoms with Gasteiger partial charge in [-0.05, 0) is 38.6 Å². The predicted octanol–water partition coefficient (Wildman–Crippen LogP) is 1.29. The molecule has 1 atom stereocenters. The van der Waals surface area contributed by atoms with Crippen LogP contribution in [-0.4, -0.2) is 43.4 Å². The van der Waals surface area contributed by atoms with Gasteiger partial charge in [0.05, 0.1) is 11.4 Å². The van der Waals surface area contributed by atoms with Crippen LogP contribution in [0.25, 0.3) is 0 Å². The van der Waals surface area contributed by atoms with E-state index in [0.29, 0.717) is 0 Å². The highest BCUT2D eigenvalue weighted by atomic mass is 16.1. The first-order valence-corrected chi connectivity index (χ1v) is 6.31. The van der Waals surface area contributed by atoms with E-state index < -0.39 is 0 Å². The molecule has 2 N–H and O–H groups in total. The highest BCUT2D eigenvalue weighted by Gasteiger charge is 2.29. The SMILES string of the molecule is CC(=O)C1CN(C)CCN1c1cc(C)ccc1N. The molecule has 1 aliphatic heterocycles. The molecule has 0 spiro atoms. The molecule has 1 aliphatic rings. The summed E-state index contributed by atoms with van der Waals surface area (Å²) in [5.41, 5.74) is 8.95. The van der Waals surface area contributed by atoms with Crippen LogP contribution in [0.1, 0.15) is 12.5 Å². The van der Waals surface area contributed by atoms with Crippen molar-refractivity contribution in [3.63, 3.8) is 0 Å². The van der Waals surface area contributed by atoms with Crippen molar-refractivity contribution in [1.29, 1.82) is 0 Å². The average molecular weight is 247 g/mol. The Morgan fingerprint density at radius 1 is 1.39 bits per heavy atom. The fraction of sp³-hybridized carbons (Fsp3) is 0.500. The zero-order chi connectivity index (χ0) is 13.3. The number of Topliss-reactive ketones (excluding diaryl/α,β-unsaturated/α-hetero) is 1. The molecule has 1 heterocycles. The number of likely N-dealkylation sites (N-methyl/N-ethyl adjacent to an activating group) is 1. The van der Waals surface area contributed by atoms with Crippen molar-refractivity contribution in [3.05, 3.63) is 23.8 Å². The van der Waals surface area contributed by atoms with Crippen LogP contribution < -0.4 is 10.6 Å². The minimum Gasteiger partial charge on any atom is -0.397 e. The summed E-state index contributed by atoms with van der Waals surface area (Å²) < 4.78 is 0. The van der Waals surface area contributed by atoms with E-state index in [1.54, 1.807) is 6.92 Å². The number of aryl methyl sites for hydroxylation is 1. The lowest BCUT2D eigenvalue weighted by Crippen LogP contribution is -2.55. The molecule has 0 amide bonds. The van der Waals surface area contributed by atoms with Gasteiger partial charge in [0, 0.05) is 19.6 Å². The molecule has 0 bridgehead atoms. The third-order valence-corrected chi connectivity index (χ3v) is 3.55. The molecular weight excluding hydrogens is 226 g/mol. The summed E-state index contributed by atoms with van der Waals surface area (Å²) in [6, 6.07) is 5.89. The lowest BCUT2D eigenvalue weighted by Gasteiger charge is -2.40. The van der Waals surface area contributed by atoms with Crippen LogP contribution >= 0.6 is 0 Å². The van der Waals surface area contributed by atoms with Gasteiger partial charge in [0.2, 0.25) is 0 Å². The van der Waals surface area contributed by atoms with Crippen molar-refractivity contribution >= 4 is 17.2 Å². The highest BCUT2D eigenvalue weighted by Crippen LogP contribution is 2.28. The van der Waals surface area contributed by atoms with Crippen molar-refractivity contribution in [3.8, 4) is 0 Å². The summed E-state index contributed by atoms with van der Waals surface area (Å²) in [5, 5.41) is 0. The normalized spacial score (nSPS) is 21.1. The van der Waals surface area contributed by atoms with E-state index >= 15 is 0 Å². The van der Waals surface area contributed by atoms with Gasteiger partial charge in [0.25, 0.3) is 0 Å². The summed E-state index contributed by atoms with van der Waals surface area (Å²) in [7, 11) is 2.05. The van der Waals surface area contributed by atoms with Crippen molar-refractivity contribution in [2.24, 2.45) is 0 Å². The Kier molecular flexibility index (Phi) is 3.57. The number of carbonyl (C=O) groups excluding carboxylic acids is 1. The number of nitrogens with zero attached hydrogens (tertiary/aromatic N) is 2. The maximum absolute atomic E-state index is 11.8. The second kappa shape index (κ2) is 4.98. The third-order valence-electron chi connectivity index (χ3n) is 3.55. The van der Waals surface area contributed by atoms with Gasteiger partial charge in [-0.1, -0.05) is 6.07 Å². The van der Waals surface area contributed by atoms with Crippen LogP contribution in [0.3, 0.4) is 0 Å². The first kappa shape index (κ1) is 12.9. The monoisotopic (exact) mass is 247 g/mol. The summed E-state index contributed by atoms with van der Waals surface area (Å²) in [6.07, 6.45) is 0. The Bertz CT molecular complexity index is 458. The summed E-state index contributed by atoms with van der Waals surface area (Å²) >= 11 is 0. The van der Waals surface area contributed by atoms with Gasteiger partial charge in [0.1, 0.15) is 6.04 Å². The van der Waals surface area contributed by atoms with Gasteiger partial charge >= 0.3 is 0 Å². The quantitative estimate of drug-likeness (QED) is 0.800. The molecule has 4 heteroatoms. The van der Waals surface area contributed by atoms with E-state index in [9.17, 15) is 4.79 Å². The lowest BCUT2D eigenvalue weighted by molar-refractivity contribution is -0.119. The second-order valence-corrected chi connectivity index (χ2v) is 5.14. The summed E-state index contributed by atoms with van der Waals surface area (Å²) in [4.78, 5) is 16.1. The van der Waals surface area contributed by atoms with Crippen molar-refractivity contribution in [2.45, 2.75) is 19.9 Å². The zero-order valence-electron chi connectivity index (χ0n) is 11.3. The van der Waals surface area contributed by atoms with Gasteiger partial charge in [-0.2, -0.15) is 0 Å². The fourth-order valence-corrected chi connectivity index (χ4v) is 2.46. The van der Waals surface area contributed by atoms with E-state index in [0.717, 1.165) is 31.0 Å². The van der Waals surface area contributed by atoms with Gasteiger partial charge in [0.15, 0.2) is 5.78 Å². The molecule has 0 radical (unpaired) electrons. The Morgan fingerprint density at radius 2 is 2.11 bits per heavy atom. The van der Waals surface area contributed by atoms with E-state index in [2.05, 4.69) is 15.9 Å². The smallest absolute Gasteiger partial charge is 0.153 e. The number of carbonyl (C=O) groups is 1. The number of hydrogen-bond donors (Lipinski definition) is 1. The number of piperazine rings is 1. The molecule has 0 saturated carbocycles. The maximum Gasteiger partial charge on any atom is 0.153 e. The van der Waals surface area contributed by atoms with Gasteiger partial charge in [-0.25, -0.2) is 0 Å². The minimum atomic E-state index is -0.0900. The standard InChI is InChI=1S/C14H21N3O/c1-10-4-5-12(15)13(8-10)17-7-6-16(3)9-14(17)11(2)18/h4-5,8,14H,6-7,9,15H2,1-3H3. The molecule has 1 unspecified atom stereocenters. The molecule has 18 heavy (non-hydrogen) atoms. The number of nitrogen functional groups attached to an aromatic ring is 1. The molecule has 1 aromatic carbocycles. The Morgan fingerprint density at radius 3 is 2.78 bits per heavy atom. The van der Waals surface area contributed by atoms with Crippen LogP contribution in [0.15, 0.2) is 18.2 Å². The van der Waals surface area contributed by atoms with E-state index in [1.807, 2.05) is 26.1 Å². The lowest BCUT2D eigenvalue weighted by atomic mass is 10.1. The average Bonchev–Trinajstić information content (AvgIpc) is 2.32. The number of benzene rings is 1. The molecular formula is C14H21N3O. The van der Waals surface area contributed by atoms with E-state index in [4.69, 9.17) is 5.73 Å². The fourth-order valence-electron chi connectivity index (χ4n) is 2.46. The van der Waals surface area contributed by atoms with Crippen LogP contribution in [0.2, 0.25) is 0 Å². The molecule has 4 nitrogen and oxygen atoms in total. The largest absolute Gasteiger partial charge is 0.397 e. The van der Waals surface area contributed by atoms with Gasteiger partial charge in [-0.15, -0.1) is 0 Å². The van der Waals surface area contributed by atoms with Crippen LogP contribution in [0, 0.1) is 6.92 Å². The topological polar surface area (TPSA) is 49.6 Å². The number of nitrogens with two attached hydrogens (primary N) is 1. The first-order chi connectivity index (χ1) is 8.49. The molecule has 2 rings (SSSR count).